The molecule has 0 aromatic heterocycles. The molecule has 2 bridgehead atoms. The molecule has 3 unspecified atom stereocenters. The van der Waals surface area contributed by atoms with E-state index in [-0.39, 0.29) is 12.2 Å². The van der Waals surface area contributed by atoms with Crippen molar-refractivity contribution < 1.29 is 27.2 Å². The van der Waals surface area contributed by atoms with Crippen molar-refractivity contribution in [1.82, 2.24) is 0 Å². The molecule has 6 nitrogen and oxygen atoms in total. The van der Waals surface area contributed by atoms with Gasteiger partial charge in [0, 0.05) is 11.8 Å². The summed E-state index contributed by atoms with van der Waals surface area (Å²) in [5.41, 5.74) is -2.56. The molecule has 2 aliphatic carbocycles. The summed E-state index contributed by atoms with van der Waals surface area (Å²) in [6, 6.07) is 0. The van der Waals surface area contributed by atoms with Gasteiger partial charge in [0.15, 0.2) is 6.29 Å². The number of ketones is 1. The van der Waals surface area contributed by atoms with Gasteiger partial charge >= 0.3 is 0 Å². The predicted octanol–water partition coefficient (Wildman–Crippen LogP) is 1.91. The Labute approximate surface area is 125 Å². The zero-order chi connectivity index (χ0) is 16.1. The third kappa shape index (κ3) is 2.31. The average molecular weight is 318 g/mol. The highest BCUT2D eigenvalue weighted by Gasteiger charge is 2.74. The Morgan fingerprint density at radius 1 is 1.43 bits per heavy atom. The maximum absolute atomic E-state index is 12.5. The topological polar surface area (TPSA) is 89.9 Å². The van der Waals surface area contributed by atoms with Crippen LogP contribution >= 0.6 is 0 Å². The zero-order valence-corrected chi connectivity index (χ0v) is 13.4. The average Bonchev–Trinajstić information content (AvgIpc) is 2.57. The van der Waals surface area contributed by atoms with E-state index in [9.17, 15) is 17.8 Å². The lowest BCUT2D eigenvalue weighted by Gasteiger charge is -2.41. The quantitative estimate of drug-likeness (QED) is 0.457. The van der Waals surface area contributed by atoms with Crippen LogP contribution in [0, 0.1) is 10.8 Å². The molecule has 0 aliphatic heterocycles. The molecule has 21 heavy (non-hydrogen) atoms. The number of carbonyl (C=O) groups excluding carboxylic acids is 1. The van der Waals surface area contributed by atoms with Gasteiger partial charge in [0.05, 0.1) is 23.0 Å². The van der Waals surface area contributed by atoms with Gasteiger partial charge < -0.3 is 9.47 Å². The van der Waals surface area contributed by atoms with Gasteiger partial charge in [-0.05, 0) is 19.8 Å². The van der Waals surface area contributed by atoms with E-state index in [1.807, 2.05) is 13.8 Å². The van der Waals surface area contributed by atoms with Crippen LogP contribution in [-0.2, 0) is 24.4 Å². The molecule has 0 amide bonds. The molecule has 0 heterocycles. The van der Waals surface area contributed by atoms with Crippen molar-refractivity contribution in [2.75, 3.05) is 5.75 Å². The molecule has 0 aromatic rings. The van der Waals surface area contributed by atoms with Crippen LogP contribution in [0.3, 0.4) is 0 Å². The largest absolute Gasteiger partial charge is 0.473 e. The monoisotopic (exact) mass is 318 g/mol. The van der Waals surface area contributed by atoms with Crippen LogP contribution in [0.25, 0.3) is 0 Å². The number of ether oxygens (including phenoxy) is 2. The van der Waals surface area contributed by atoms with E-state index >= 15 is 0 Å². The summed E-state index contributed by atoms with van der Waals surface area (Å²) in [7, 11) is -4.24. The van der Waals surface area contributed by atoms with E-state index in [1.165, 1.54) is 6.26 Å². The molecule has 0 saturated heterocycles. The highest BCUT2D eigenvalue weighted by atomic mass is 32.2. The Morgan fingerprint density at radius 3 is 2.52 bits per heavy atom. The Kier molecular flexibility index (Phi) is 3.75. The molecule has 2 aliphatic rings. The number of Topliss-reactive ketones (excluding diaryl/α,β-unsaturated/α-hetero) is 1. The summed E-state index contributed by atoms with van der Waals surface area (Å²) in [6.45, 7) is 8.83. The maximum atomic E-state index is 12.5. The van der Waals surface area contributed by atoms with Crippen molar-refractivity contribution >= 4 is 15.9 Å². The van der Waals surface area contributed by atoms with Crippen molar-refractivity contribution in [1.29, 1.82) is 0 Å². The number of carbonyl (C=O) groups is 1. The van der Waals surface area contributed by atoms with Crippen LogP contribution in [0.1, 0.15) is 40.0 Å². The highest BCUT2D eigenvalue weighted by Crippen LogP contribution is 2.68. The van der Waals surface area contributed by atoms with Gasteiger partial charge in [0.2, 0.25) is 0 Å². The maximum Gasteiger partial charge on any atom is 0.265 e. The molecule has 2 saturated carbocycles. The van der Waals surface area contributed by atoms with Gasteiger partial charge in [-0.2, -0.15) is 8.42 Å². The van der Waals surface area contributed by atoms with Crippen LogP contribution < -0.4 is 0 Å². The first kappa shape index (κ1) is 16.5. The fourth-order valence-corrected chi connectivity index (χ4v) is 5.36. The van der Waals surface area contributed by atoms with Gasteiger partial charge in [-0.3, -0.25) is 9.35 Å². The van der Waals surface area contributed by atoms with E-state index in [4.69, 9.17) is 9.47 Å². The smallest absolute Gasteiger partial charge is 0.265 e. The van der Waals surface area contributed by atoms with Crippen molar-refractivity contribution in [3.05, 3.63) is 12.8 Å². The van der Waals surface area contributed by atoms with E-state index in [1.54, 1.807) is 6.92 Å². The summed E-state index contributed by atoms with van der Waals surface area (Å²) in [5.74, 6) is -0.713. The molecule has 0 aromatic carbocycles. The first-order valence-corrected chi connectivity index (χ1v) is 8.53. The number of hydrogen-bond acceptors (Lipinski definition) is 5. The third-order valence-electron chi connectivity index (χ3n) is 5.38. The van der Waals surface area contributed by atoms with Crippen molar-refractivity contribution in [3.63, 3.8) is 0 Å². The van der Waals surface area contributed by atoms with E-state index < -0.39 is 38.6 Å². The minimum atomic E-state index is -4.24. The predicted molar refractivity (Wildman–Crippen MR) is 76.0 cm³/mol. The lowest BCUT2D eigenvalue weighted by Crippen LogP contribution is -2.47. The Balaban J connectivity index is 2.37. The molecule has 3 atom stereocenters. The Morgan fingerprint density at radius 2 is 2.05 bits per heavy atom. The molecule has 0 spiro atoms. The van der Waals surface area contributed by atoms with E-state index in [0.29, 0.717) is 12.8 Å². The molecule has 7 heteroatoms. The summed E-state index contributed by atoms with van der Waals surface area (Å²) in [5, 5.41) is 0. The standard InChI is InChI=1S/C14H22O6S/c1-5-19-10(2)20-14-7-6-13(11(15)8-14,12(14,3)4)9-21(16,17)18/h5,10H,1,6-9H2,2-4H3,(H,16,17,18). The van der Waals surface area contributed by atoms with Crippen molar-refractivity contribution in [2.24, 2.45) is 10.8 Å². The van der Waals surface area contributed by atoms with Crippen LogP contribution in [0.15, 0.2) is 12.8 Å². The fourth-order valence-electron chi connectivity index (χ4n) is 4.08. The van der Waals surface area contributed by atoms with Crippen molar-refractivity contribution in [2.45, 2.75) is 51.9 Å². The molecule has 1 N–H and O–H groups in total. The van der Waals surface area contributed by atoms with Crippen LogP contribution in [0.4, 0.5) is 0 Å². The number of hydrogen-bond donors (Lipinski definition) is 1. The number of fused-ring (bicyclic) bond motifs is 2. The van der Waals surface area contributed by atoms with E-state index in [2.05, 4.69) is 6.58 Å². The second-order valence-corrected chi connectivity index (χ2v) is 7.97. The molecular formula is C14H22O6S. The minimum absolute atomic E-state index is 0.139. The Bertz CT molecular complexity index is 566. The Hall–Kier alpha value is -0.920. The second kappa shape index (κ2) is 4.79. The first-order valence-electron chi connectivity index (χ1n) is 6.92. The molecule has 0 radical (unpaired) electrons. The van der Waals surface area contributed by atoms with Gasteiger partial charge in [0.25, 0.3) is 10.1 Å². The van der Waals surface area contributed by atoms with E-state index in [0.717, 1.165) is 0 Å². The zero-order valence-electron chi connectivity index (χ0n) is 12.6. The van der Waals surface area contributed by atoms with Gasteiger partial charge in [-0.25, -0.2) is 0 Å². The lowest BCUT2D eigenvalue weighted by atomic mass is 9.69. The number of rotatable bonds is 6. The summed E-state index contributed by atoms with van der Waals surface area (Å²) < 4.78 is 43.1. The highest BCUT2D eigenvalue weighted by molar-refractivity contribution is 7.85. The van der Waals surface area contributed by atoms with Crippen molar-refractivity contribution in [3.8, 4) is 0 Å². The van der Waals surface area contributed by atoms with Crippen LogP contribution in [-0.4, -0.2) is 36.4 Å². The fraction of sp³-hybridized carbons (Fsp3) is 0.786. The molecular weight excluding hydrogens is 296 g/mol. The first-order chi connectivity index (χ1) is 9.50. The van der Waals surface area contributed by atoms with Gasteiger partial charge in [-0.15, -0.1) is 0 Å². The molecule has 2 fully saturated rings. The van der Waals surface area contributed by atoms with Gasteiger partial charge in [-0.1, -0.05) is 20.4 Å². The van der Waals surface area contributed by atoms with Crippen LogP contribution in [0.2, 0.25) is 0 Å². The molecule has 120 valence electrons. The van der Waals surface area contributed by atoms with Gasteiger partial charge in [0.1, 0.15) is 5.78 Å². The summed E-state index contributed by atoms with van der Waals surface area (Å²) in [4.78, 5) is 12.5. The minimum Gasteiger partial charge on any atom is -0.473 e. The van der Waals surface area contributed by atoms with Crippen LogP contribution in [0.5, 0.6) is 0 Å². The normalized spacial score (nSPS) is 35.7. The summed E-state index contributed by atoms with van der Waals surface area (Å²) in [6.07, 6.45) is 1.78. The second-order valence-electron chi connectivity index (χ2n) is 6.52. The SMILES string of the molecule is C=COC(C)OC12CCC(CS(=O)(=O)O)(C(=O)C1)C2(C)C. The summed E-state index contributed by atoms with van der Waals surface area (Å²) >= 11 is 0. The molecule has 2 rings (SSSR count). The lowest BCUT2D eigenvalue weighted by molar-refractivity contribution is -0.207. The third-order valence-corrected chi connectivity index (χ3v) is 6.24.